The fourth-order valence-electron chi connectivity index (χ4n) is 3.76. The molecule has 1 amide bonds. The summed E-state index contributed by atoms with van der Waals surface area (Å²) in [7, 11) is 0. The highest BCUT2D eigenvalue weighted by Gasteiger charge is 2.14. The van der Waals surface area contributed by atoms with Crippen LogP contribution in [0.2, 0.25) is 5.02 Å². The molecule has 0 radical (unpaired) electrons. The van der Waals surface area contributed by atoms with E-state index < -0.39 is 0 Å². The largest absolute Gasteiger partial charge is 0.489 e. The second-order valence-electron chi connectivity index (χ2n) is 7.98. The normalized spacial score (nSPS) is 10.8. The number of carbonyl (C=O) groups is 1. The first-order valence-electron chi connectivity index (χ1n) is 10.8. The summed E-state index contributed by atoms with van der Waals surface area (Å²) < 4.78 is 7.83. The van der Waals surface area contributed by atoms with Crippen molar-refractivity contribution in [2.45, 2.75) is 33.9 Å². The quantitative estimate of drug-likeness (QED) is 0.371. The number of nitrogens with one attached hydrogen (secondary N) is 1. The lowest BCUT2D eigenvalue weighted by atomic mass is 10.1. The molecule has 1 aromatic heterocycles. The molecule has 0 saturated heterocycles. The monoisotopic (exact) mass is 459 g/mol. The van der Waals surface area contributed by atoms with E-state index in [9.17, 15) is 4.79 Å². The highest BCUT2D eigenvalue weighted by molar-refractivity contribution is 6.30. The Hall–Kier alpha value is -3.57. The molecule has 1 heterocycles. The Morgan fingerprint density at radius 1 is 1.00 bits per heavy atom. The summed E-state index contributed by atoms with van der Waals surface area (Å²) in [5.41, 5.74) is 6.41. The first kappa shape index (κ1) is 22.6. The number of benzene rings is 3. The van der Waals surface area contributed by atoms with Crippen molar-refractivity contribution >= 4 is 17.5 Å². The second-order valence-corrected chi connectivity index (χ2v) is 8.41. The van der Waals surface area contributed by atoms with E-state index in [2.05, 4.69) is 10.4 Å². The van der Waals surface area contributed by atoms with Gasteiger partial charge < -0.3 is 10.1 Å². The summed E-state index contributed by atoms with van der Waals surface area (Å²) in [6, 6.07) is 23.0. The van der Waals surface area contributed by atoms with Crippen LogP contribution >= 0.6 is 11.6 Å². The van der Waals surface area contributed by atoms with Gasteiger partial charge in [0, 0.05) is 28.4 Å². The van der Waals surface area contributed by atoms with Gasteiger partial charge in [0.05, 0.1) is 11.4 Å². The molecule has 0 spiro atoms. The van der Waals surface area contributed by atoms with Crippen LogP contribution in [-0.4, -0.2) is 15.7 Å². The zero-order valence-corrected chi connectivity index (χ0v) is 19.7. The molecule has 3 aromatic carbocycles. The van der Waals surface area contributed by atoms with Gasteiger partial charge in [-0.3, -0.25) is 4.79 Å². The van der Waals surface area contributed by atoms with Gasteiger partial charge in [-0.25, -0.2) is 4.68 Å². The molecule has 1 N–H and O–H groups in total. The lowest BCUT2D eigenvalue weighted by Gasteiger charge is -2.11. The fourth-order valence-corrected chi connectivity index (χ4v) is 3.99. The Kier molecular flexibility index (Phi) is 6.80. The summed E-state index contributed by atoms with van der Waals surface area (Å²) in [6.07, 6.45) is 0. The number of halogens is 1. The molecule has 0 fully saturated rings. The van der Waals surface area contributed by atoms with Gasteiger partial charge in [0.1, 0.15) is 12.4 Å². The van der Waals surface area contributed by atoms with Gasteiger partial charge in [0.2, 0.25) is 0 Å². The van der Waals surface area contributed by atoms with Gasteiger partial charge in [0.25, 0.3) is 5.91 Å². The van der Waals surface area contributed by atoms with Crippen LogP contribution in [-0.2, 0) is 13.2 Å². The highest BCUT2D eigenvalue weighted by atomic mass is 35.5. The summed E-state index contributed by atoms with van der Waals surface area (Å²) in [6.45, 7) is 6.71. The van der Waals surface area contributed by atoms with Crippen LogP contribution in [0, 0.1) is 20.8 Å². The molecule has 0 bridgehead atoms. The number of carbonyl (C=O) groups excluding carboxylic acids is 1. The van der Waals surface area contributed by atoms with Gasteiger partial charge in [-0.1, -0.05) is 41.9 Å². The van der Waals surface area contributed by atoms with Crippen molar-refractivity contribution < 1.29 is 9.53 Å². The minimum Gasteiger partial charge on any atom is -0.489 e. The molecule has 33 heavy (non-hydrogen) atoms. The van der Waals surface area contributed by atoms with Gasteiger partial charge in [-0.05, 0) is 74.4 Å². The average molecular weight is 460 g/mol. The van der Waals surface area contributed by atoms with E-state index >= 15 is 0 Å². The van der Waals surface area contributed by atoms with E-state index in [-0.39, 0.29) is 5.91 Å². The molecule has 4 rings (SSSR count). The van der Waals surface area contributed by atoms with Crippen LogP contribution in [0.5, 0.6) is 5.75 Å². The van der Waals surface area contributed by atoms with Crippen molar-refractivity contribution in [2.24, 2.45) is 0 Å². The highest BCUT2D eigenvalue weighted by Crippen LogP contribution is 2.23. The molecule has 0 saturated carbocycles. The van der Waals surface area contributed by atoms with Gasteiger partial charge >= 0.3 is 0 Å². The van der Waals surface area contributed by atoms with E-state index in [1.807, 2.05) is 86.1 Å². The lowest BCUT2D eigenvalue weighted by molar-refractivity contribution is 0.0950. The molecule has 0 unspecified atom stereocenters. The molecule has 5 nitrogen and oxygen atoms in total. The van der Waals surface area contributed by atoms with Crippen molar-refractivity contribution in [3.8, 4) is 11.4 Å². The number of rotatable bonds is 7. The Balaban J connectivity index is 1.42. The number of aryl methyl sites for hydroxylation is 2. The molecule has 0 aliphatic carbocycles. The van der Waals surface area contributed by atoms with Gasteiger partial charge in [0.15, 0.2) is 0 Å². The minimum atomic E-state index is -0.134. The maximum absolute atomic E-state index is 12.8. The summed E-state index contributed by atoms with van der Waals surface area (Å²) in [5.74, 6) is 0.640. The maximum Gasteiger partial charge on any atom is 0.251 e. The van der Waals surface area contributed by atoms with Crippen LogP contribution in [0.4, 0.5) is 0 Å². The Morgan fingerprint density at radius 3 is 2.55 bits per heavy atom. The average Bonchev–Trinajstić information content (AvgIpc) is 3.11. The summed E-state index contributed by atoms with van der Waals surface area (Å²) in [5, 5.41) is 8.36. The predicted molar refractivity (Wildman–Crippen MR) is 131 cm³/mol. The van der Waals surface area contributed by atoms with Crippen molar-refractivity contribution in [3.05, 3.63) is 111 Å². The first-order valence-corrected chi connectivity index (χ1v) is 11.2. The Labute approximate surface area is 199 Å². The predicted octanol–water partition coefficient (Wildman–Crippen LogP) is 5.96. The molecular weight excluding hydrogens is 434 g/mol. The van der Waals surface area contributed by atoms with Gasteiger partial charge in [-0.15, -0.1) is 0 Å². The number of aromatic nitrogens is 2. The smallest absolute Gasteiger partial charge is 0.251 e. The number of ether oxygens (including phenoxy) is 1. The molecule has 168 valence electrons. The third-order valence-corrected chi connectivity index (χ3v) is 5.82. The van der Waals surface area contributed by atoms with Gasteiger partial charge in [-0.2, -0.15) is 5.10 Å². The van der Waals surface area contributed by atoms with Crippen molar-refractivity contribution in [1.29, 1.82) is 0 Å². The van der Waals surface area contributed by atoms with Crippen LogP contribution in [0.3, 0.4) is 0 Å². The maximum atomic E-state index is 12.8. The molecule has 6 heteroatoms. The van der Waals surface area contributed by atoms with Crippen molar-refractivity contribution in [2.75, 3.05) is 0 Å². The van der Waals surface area contributed by atoms with Crippen LogP contribution in [0.25, 0.3) is 5.69 Å². The molecule has 0 aliphatic heterocycles. The zero-order valence-electron chi connectivity index (χ0n) is 18.9. The number of nitrogens with zero attached hydrogens (tertiary/aromatic N) is 2. The Morgan fingerprint density at radius 2 is 1.79 bits per heavy atom. The third-order valence-electron chi connectivity index (χ3n) is 5.59. The lowest BCUT2D eigenvalue weighted by Crippen LogP contribution is -2.23. The van der Waals surface area contributed by atoms with E-state index in [0.29, 0.717) is 23.7 Å². The number of hydrogen-bond donors (Lipinski definition) is 1. The van der Waals surface area contributed by atoms with Crippen molar-refractivity contribution in [3.63, 3.8) is 0 Å². The van der Waals surface area contributed by atoms with E-state index in [1.165, 1.54) is 0 Å². The minimum absolute atomic E-state index is 0.134. The van der Waals surface area contributed by atoms with Crippen molar-refractivity contribution in [1.82, 2.24) is 15.1 Å². The summed E-state index contributed by atoms with van der Waals surface area (Å²) in [4.78, 5) is 12.8. The fraction of sp³-hybridized carbons (Fsp3) is 0.185. The summed E-state index contributed by atoms with van der Waals surface area (Å²) >= 11 is 6.01. The SMILES string of the molecule is Cc1cc(Cl)ccc1OCc1cccc(C(=O)NCc2c(C)nn(-c3ccccc3)c2C)c1. The number of hydrogen-bond acceptors (Lipinski definition) is 3. The van der Waals surface area contributed by atoms with E-state index in [0.717, 1.165) is 39.5 Å². The molecule has 4 aromatic rings. The first-order chi connectivity index (χ1) is 15.9. The molecule has 0 aliphatic rings. The van der Waals surface area contributed by atoms with Crippen LogP contribution < -0.4 is 10.1 Å². The number of para-hydroxylation sites is 1. The van der Waals surface area contributed by atoms with E-state index in [1.54, 1.807) is 12.1 Å². The van der Waals surface area contributed by atoms with E-state index in [4.69, 9.17) is 16.3 Å². The molecule has 0 atom stereocenters. The number of amides is 1. The standard InChI is InChI=1S/C27H26ClN3O2/c1-18-14-23(28)12-13-26(18)33-17-21-8-7-9-22(15-21)27(32)29-16-25-19(2)30-31(20(25)3)24-10-5-4-6-11-24/h4-15H,16-17H2,1-3H3,(H,29,32). The second kappa shape index (κ2) is 9.92. The third kappa shape index (κ3) is 5.26. The Bertz CT molecular complexity index is 1280. The molecular formula is C27H26ClN3O2. The van der Waals surface area contributed by atoms with Crippen LogP contribution in [0.1, 0.15) is 38.4 Å². The van der Waals surface area contributed by atoms with Crippen LogP contribution in [0.15, 0.2) is 72.8 Å². The topological polar surface area (TPSA) is 56.1 Å². The zero-order chi connectivity index (χ0) is 23.4.